The third-order valence-corrected chi connectivity index (χ3v) is 7.23. The molecule has 0 spiro atoms. The molecular weight excluding hydrogens is 380 g/mol. The van der Waals surface area contributed by atoms with Gasteiger partial charge in [0.15, 0.2) is 0 Å². The number of sulfonamides is 1. The molecule has 0 fully saturated rings. The van der Waals surface area contributed by atoms with Crippen LogP contribution in [0.5, 0.6) is 0 Å². The topological polar surface area (TPSA) is 66.5 Å². The molecule has 7 heteroatoms. The number of benzene rings is 2. The Bertz CT molecular complexity index is 1000. The van der Waals surface area contributed by atoms with E-state index in [0.29, 0.717) is 12.1 Å². The quantitative estimate of drug-likeness (QED) is 0.659. The number of hydrogen-bond donors (Lipinski definition) is 1. The van der Waals surface area contributed by atoms with Gasteiger partial charge in [-0.05, 0) is 35.1 Å². The summed E-state index contributed by atoms with van der Waals surface area (Å²) in [5.74, 6) is -0.377. The number of hydrogen-bond acceptors (Lipinski definition) is 4. The van der Waals surface area contributed by atoms with Crippen molar-refractivity contribution in [3.63, 3.8) is 0 Å². The SMILES string of the molecule is CN(CC(=O)Nc1ccccc1Cc1ccccc1)S(=O)(=O)c1cccs1. The molecule has 0 radical (unpaired) electrons. The number of likely N-dealkylation sites (N-methyl/N-ethyl adjacent to an activating group) is 1. The summed E-state index contributed by atoms with van der Waals surface area (Å²) < 4.78 is 26.2. The lowest BCUT2D eigenvalue weighted by molar-refractivity contribution is -0.116. The zero-order chi connectivity index (χ0) is 19.3. The van der Waals surface area contributed by atoms with Gasteiger partial charge in [0.1, 0.15) is 4.21 Å². The minimum Gasteiger partial charge on any atom is -0.325 e. The minimum atomic E-state index is -3.65. The summed E-state index contributed by atoms with van der Waals surface area (Å²) in [5.41, 5.74) is 2.80. The molecule has 0 saturated carbocycles. The molecule has 0 aliphatic rings. The van der Waals surface area contributed by atoms with Gasteiger partial charge in [-0.2, -0.15) is 4.31 Å². The predicted molar refractivity (Wildman–Crippen MR) is 108 cm³/mol. The number of rotatable bonds is 7. The Balaban J connectivity index is 1.70. The smallest absolute Gasteiger partial charge is 0.252 e. The van der Waals surface area contributed by atoms with Crippen LogP contribution in [0.3, 0.4) is 0 Å². The molecule has 1 amide bonds. The van der Waals surface area contributed by atoms with Crippen LogP contribution in [0.2, 0.25) is 0 Å². The third-order valence-electron chi connectivity index (χ3n) is 4.05. The maximum atomic E-state index is 12.4. The lowest BCUT2D eigenvalue weighted by atomic mass is 10.0. The minimum absolute atomic E-state index is 0.224. The number of amides is 1. The summed E-state index contributed by atoms with van der Waals surface area (Å²) in [7, 11) is -2.24. The van der Waals surface area contributed by atoms with Crippen LogP contribution in [0.15, 0.2) is 76.3 Å². The highest BCUT2D eigenvalue weighted by atomic mass is 32.2. The van der Waals surface area contributed by atoms with E-state index >= 15 is 0 Å². The van der Waals surface area contributed by atoms with Gasteiger partial charge in [-0.25, -0.2) is 8.42 Å². The van der Waals surface area contributed by atoms with Crippen molar-refractivity contribution < 1.29 is 13.2 Å². The van der Waals surface area contributed by atoms with E-state index in [9.17, 15) is 13.2 Å². The Morgan fingerprint density at radius 2 is 1.70 bits per heavy atom. The number of para-hydroxylation sites is 1. The normalized spacial score (nSPS) is 11.5. The van der Waals surface area contributed by atoms with Crippen molar-refractivity contribution in [2.45, 2.75) is 10.6 Å². The highest BCUT2D eigenvalue weighted by Gasteiger charge is 2.24. The molecule has 0 atom stereocenters. The first-order valence-electron chi connectivity index (χ1n) is 8.38. The Morgan fingerprint density at radius 3 is 2.41 bits per heavy atom. The van der Waals surface area contributed by atoms with Gasteiger partial charge in [0.05, 0.1) is 6.54 Å². The van der Waals surface area contributed by atoms with Gasteiger partial charge in [0, 0.05) is 12.7 Å². The molecule has 27 heavy (non-hydrogen) atoms. The second-order valence-electron chi connectivity index (χ2n) is 6.06. The molecule has 3 aromatic rings. The molecule has 3 rings (SSSR count). The molecule has 0 unspecified atom stereocenters. The highest BCUT2D eigenvalue weighted by molar-refractivity contribution is 7.91. The van der Waals surface area contributed by atoms with Gasteiger partial charge in [0.25, 0.3) is 10.0 Å². The average molecular weight is 401 g/mol. The summed E-state index contributed by atoms with van der Waals surface area (Å²) in [6.45, 7) is -0.250. The number of thiophene rings is 1. The Hall–Kier alpha value is -2.48. The zero-order valence-corrected chi connectivity index (χ0v) is 16.5. The third kappa shape index (κ3) is 4.82. The fourth-order valence-electron chi connectivity index (χ4n) is 2.65. The molecule has 0 bridgehead atoms. The fraction of sp³-hybridized carbons (Fsp3) is 0.150. The molecule has 1 heterocycles. The zero-order valence-electron chi connectivity index (χ0n) is 14.8. The van der Waals surface area contributed by atoms with Gasteiger partial charge < -0.3 is 5.32 Å². The maximum absolute atomic E-state index is 12.4. The predicted octanol–water partition coefficient (Wildman–Crippen LogP) is 3.60. The summed E-state index contributed by atoms with van der Waals surface area (Å²) in [4.78, 5) is 12.4. The van der Waals surface area contributed by atoms with E-state index in [2.05, 4.69) is 5.32 Å². The lowest BCUT2D eigenvalue weighted by Gasteiger charge is -2.17. The van der Waals surface area contributed by atoms with Crippen LogP contribution in [-0.2, 0) is 21.2 Å². The van der Waals surface area contributed by atoms with Crippen molar-refractivity contribution >= 4 is 33.0 Å². The Labute approximate surface area is 163 Å². The van der Waals surface area contributed by atoms with E-state index in [1.807, 2.05) is 54.6 Å². The summed E-state index contributed by atoms with van der Waals surface area (Å²) in [6, 6.07) is 20.7. The molecule has 1 aromatic heterocycles. The van der Waals surface area contributed by atoms with Crippen molar-refractivity contribution in [2.24, 2.45) is 0 Å². The van der Waals surface area contributed by atoms with Gasteiger partial charge in [0.2, 0.25) is 5.91 Å². The number of carbonyl (C=O) groups excluding carboxylic acids is 1. The molecule has 0 aliphatic heterocycles. The van der Waals surface area contributed by atoms with Crippen LogP contribution in [0.1, 0.15) is 11.1 Å². The second kappa shape index (κ2) is 8.47. The van der Waals surface area contributed by atoms with Gasteiger partial charge in [-0.1, -0.05) is 54.6 Å². The van der Waals surface area contributed by atoms with Gasteiger partial charge in [-0.15, -0.1) is 11.3 Å². The van der Waals surface area contributed by atoms with E-state index in [1.54, 1.807) is 11.4 Å². The van der Waals surface area contributed by atoms with Crippen molar-refractivity contribution in [2.75, 3.05) is 18.9 Å². The van der Waals surface area contributed by atoms with Crippen molar-refractivity contribution in [3.05, 3.63) is 83.2 Å². The van der Waals surface area contributed by atoms with Crippen LogP contribution in [-0.4, -0.2) is 32.2 Å². The molecule has 5 nitrogen and oxygen atoms in total. The van der Waals surface area contributed by atoms with Gasteiger partial charge >= 0.3 is 0 Å². The number of nitrogens with one attached hydrogen (secondary N) is 1. The van der Waals surface area contributed by atoms with Gasteiger partial charge in [-0.3, -0.25) is 4.79 Å². The monoisotopic (exact) mass is 400 g/mol. The first kappa shape index (κ1) is 19.3. The second-order valence-corrected chi connectivity index (χ2v) is 9.28. The highest BCUT2D eigenvalue weighted by Crippen LogP contribution is 2.21. The van der Waals surface area contributed by atoms with Crippen LogP contribution < -0.4 is 5.32 Å². The molecule has 140 valence electrons. The standard InChI is InChI=1S/C20H20N2O3S2/c1-22(27(24,25)20-12-7-13-26-20)15-19(23)21-18-11-6-5-10-17(18)14-16-8-3-2-4-9-16/h2-13H,14-15H2,1H3,(H,21,23). The van der Waals surface area contributed by atoms with E-state index in [0.717, 1.165) is 26.8 Å². The van der Waals surface area contributed by atoms with E-state index in [1.165, 1.54) is 13.1 Å². The van der Waals surface area contributed by atoms with Crippen molar-refractivity contribution in [1.82, 2.24) is 4.31 Å². The summed E-state index contributed by atoms with van der Waals surface area (Å²) in [6.07, 6.45) is 0.681. The van der Waals surface area contributed by atoms with Crippen LogP contribution in [0.4, 0.5) is 5.69 Å². The van der Waals surface area contributed by atoms with E-state index < -0.39 is 10.0 Å². The molecule has 0 saturated heterocycles. The summed E-state index contributed by atoms with van der Waals surface area (Å²) in [5, 5.41) is 4.53. The van der Waals surface area contributed by atoms with Crippen molar-refractivity contribution in [1.29, 1.82) is 0 Å². The maximum Gasteiger partial charge on any atom is 0.252 e. The Kier molecular flexibility index (Phi) is 6.05. The molecule has 1 N–H and O–H groups in total. The van der Waals surface area contributed by atoms with Crippen LogP contribution >= 0.6 is 11.3 Å². The largest absolute Gasteiger partial charge is 0.325 e. The molecule has 0 aliphatic carbocycles. The molecule has 2 aromatic carbocycles. The fourth-order valence-corrected chi connectivity index (χ4v) is 4.98. The van der Waals surface area contributed by atoms with E-state index in [4.69, 9.17) is 0 Å². The number of nitrogens with zero attached hydrogens (tertiary/aromatic N) is 1. The Morgan fingerprint density at radius 1 is 1.00 bits per heavy atom. The first-order valence-corrected chi connectivity index (χ1v) is 10.7. The number of anilines is 1. The first-order chi connectivity index (χ1) is 13.0. The number of carbonyl (C=O) groups is 1. The van der Waals surface area contributed by atoms with Crippen LogP contribution in [0.25, 0.3) is 0 Å². The molecular formula is C20H20N2O3S2. The van der Waals surface area contributed by atoms with E-state index in [-0.39, 0.29) is 16.7 Å². The summed E-state index contributed by atoms with van der Waals surface area (Å²) >= 11 is 1.13. The average Bonchev–Trinajstić information content (AvgIpc) is 3.19. The lowest BCUT2D eigenvalue weighted by Crippen LogP contribution is -2.34. The van der Waals surface area contributed by atoms with Crippen LogP contribution in [0, 0.1) is 0 Å². The van der Waals surface area contributed by atoms with Crippen molar-refractivity contribution in [3.8, 4) is 0 Å².